The number of hydrogen-bond donors (Lipinski definition) is 2. The van der Waals surface area contributed by atoms with Gasteiger partial charge >= 0.3 is 0 Å². The van der Waals surface area contributed by atoms with E-state index in [0.717, 1.165) is 15.8 Å². The summed E-state index contributed by atoms with van der Waals surface area (Å²) in [5.74, 6) is 1.53. The van der Waals surface area contributed by atoms with Gasteiger partial charge in [-0.2, -0.15) is 10.1 Å². The van der Waals surface area contributed by atoms with Gasteiger partial charge in [0.25, 0.3) is 0 Å². The summed E-state index contributed by atoms with van der Waals surface area (Å²) < 4.78 is 7.16. The van der Waals surface area contributed by atoms with Crippen molar-refractivity contribution in [3.8, 4) is 11.6 Å². The van der Waals surface area contributed by atoms with Crippen molar-refractivity contribution >= 4 is 21.4 Å². The van der Waals surface area contributed by atoms with E-state index >= 15 is 0 Å². The zero-order valence-electron chi connectivity index (χ0n) is 13.3. The highest BCUT2D eigenvalue weighted by Gasteiger charge is 2.25. The standard InChI is InChI=1S/C13H15N9OS/c1-6(2)8(11-18-10(21-23-11)9-14-5-15-19-9)17-12-20-22-4-7(3)16-13(22)24-12/h4-6,8H,1-3H3,(H,17,20)(H,14,15,19). The summed E-state index contributed by atoms with van der Waals surface area (Å²) in [5, 5.41) is 19.0. The third-order valence-corrected chi connectivity index (χ3v) is 4.30. The van der Waals surface area contributed by atoms with E-state index in [1.165, 1.54) is 17.7 Å². The molecule has 0 aliphatic rings. The lowest BCUT2D eigenvalue weighted by molar-refractivity contribution is 0.335. The second-order valence-corrected chi connectivity index (χ2v) is 6.63. The normalized spacial score (nSPS) is 13.0. The Morgan fingerprint density at radius 2 is 2.21 bits per heavy atom. The van der Waals surface area contributed by atoms with Crippen molar-refractivity contribution in [2.45, 2.75) is 26.8 Å². The highest BCUT2D eigenvalue weighted by atomic mass is 32.1. The minimum absolute atomic E-state index is 0.175. The van der Waals surface area contributed by atoms with E-state index in [9.17, 15) is 0 Å². The fourth-order valence-electron chi connectivity index (χ4n) is 2.28. The van der Waals surface area contributed by atoms with Crippen LogP contribution in [0.5, 0.6) is 0 Å². The zero-order chi connectivity index (χ0) is 16.7. The van der Waals surface area contributed by atoms with E-state index < -0.39 is 0 Å². The van der Waals surface area contributed by atoms with E-state index in [0.29, 0.717) is 17.5 Å². The first-order chi connectivity index (χ1) is 11.6. The Hall–Kier alpha value is -2.82. The largest absolute Gasteiger partial charge is 0.348 e. The zero-order valence-corrected chi connectivity index (χ0v) is 14.1. The molecule has 0 amide bonds. The highest BCUT2D eigenvalue weighted by molar-refractivity contribution is 7.20. The third kappa shape index (κ3) is 2.62. The number of fused-ring (bicyclic) bond motifs is 1. The average Bonchev–Trinajstić information content (AvgIpc) is 3.27. The molecule has 0 saturated heterocycles. The van der Waals surface area contributed by atoms with Crippen LogP contribution in [0.1, 0.15) is 31.5 Å². The minimum Gasteiger partial charge on any atom is -0.348 e. The van der Waals surface area contributed by atoms with Crippen LogP contribution in [0.25, 0.3) is 16.6 Å². The quantitative estimate of drug-likeness (QED) is 0.563. The molecule has 0 spiro atoms. The number of nitrogens with one attached hydrogen (secondary N) is 2. The summed E-state index contributed by atoms with van der Waals surface area (Å²) >= 11 is 1.47. The number of anilines is 1. The van der Waals surface area contributed by atoms with Crippen molar-refractivity contribution in [3.63, 3.8) is 0 Å². The lowest BCUT2D eigenvalue weighted by Gasteiger charge is -2.17. The number of H-pyrrole nitrogens is 1. The van der Waals surface area contributed by atoms with Gasteiger partial charge in [0.15, 0.2) is 5.82 Å². The lowest BCUT2D eigenvalue weighted by atomic mass is 10.1. The maximum Gasteiger partial charge on any atom is 0.249 e. The van der Waals surface area contributed by atoms with E-state index in [1.54, 1.807) is 4.52 Å². The summed E-state index contributed by atoms with van der Waals surface area (Å²) in [6, 6.07) is -0.175. The number of aryl methyl sites for hydroxylation is 1. The molecule has 0 radical (unpaired) electrons. The molecule has 4 aromatic heterocycles. The molecule has 0 saturated carbocycles. The highest BCUT2D eigenvalue weighted by Crippen LogP contribution is 2.29. The van der Waals surface area contributed by atoms with Crippen LogP contribution in [0.4, 0.5) is 5.13 Å². The van der Waals surface area contributed by atoms with Gasteiger partial charge in [-0.25, -0.2) is 14.5 Å². The molecule has 0 aromatic carbocycles. The molecular formula is C13H15N9OS. The minimum atomic E-state index is -0.175. The van der Waals surface area contributed by atoms with E-state index in [4.69, 9.17) is 4.52 Å². The predicted molar refractivity (Wildman–Crippen MR) is 86.5 cm³/mol. The summed E-state index contributed by atoms with van der Waals surface area (Å²) in [6.45, 7) is 6.08. The van der Waals surface area contributed by atoms with Crippen LogP contribution in [0.3, 0.4) is 0 Å². The molecule has 1 unspecified atom stereocenters. The van der Waals surface area contributed by atoms with E-state index in [-0.39, 0.29) is 12.0 Å². The van der Waals surface area contributed by atoms with E-state index in [2.05, 4.69) is 54.6 Å². The van der Waals surface area contributed by atoms with Crippen molar-refractivity contribution in [1.29, 1.82) is 0 Å². The van der Waals surface area contributed by atoms with Crippen LogP contribution in [-0.2, 0) is 0 Å². The van der Waals surface area contributed by atoms with Crippen molar-refractivity contribution < 1.29 is 4.52 Å². The Labute approximate surface area is 140 Å². The van der Waals surface area contributed by atoms with Crippen LogP contribution in [-0.4, -0.2) is 39.9 Å². The number of aromatic amines is 1. The van der Waals surface area contributed by atoms with Gasteiger partial charge in [-0.15, -0.1) is 5.10 Å². The van der Waals surface area contributed by atoms with Crippen LogP contribution in [0.15, 0.2) is 17.0 Å². The van der Waals surface area contributed by atoms with Gasteiger partial charge in [0.1, 0.15) is 12.4 Å². The molecule has 124 valence electrons. The van der Waals surface area contributed by atoms with Gasteiger partial charge in [-0.3, -0.25) is 5.10 Å². The number of nitrogens with zero attached hydrogens (tertiary/aromatic N) is 7. The third-order valence-electron chi connectivity index (χ3n) is 3.44. The Morgan fingerprint density at radius 3 is 2.92 bits per heavy atom. The topological polar surface area (TPSA) is 123 Å². The summed E-state index contributed by atoms with van der Waals surface area (Å²) in [5.41, 5.74) is 0.939. The van der Waals surface area contributed by atoms with Gasteiger partial charge in [0, 0.05) is 0 Å². The molecule has 4 aromatic rings. The number of hydrogen-bond acceptors (Lipinski definition) is 9. The first kappa shape index (κ1) is 14.8. The summed E-state index contributed by atoms with van der Waals surface area (Å²) in [7, 11) is 0. The Balaban J connectivity index is 1.61. The maximum atomic E-state index is 5.40. The fourth-order valence-corrected chi connectivity index (χ4v) is 3.15. The molecule has 0 aliphatic heterocycles. The molecule has 24 heavy (non-hydrogen) atoms. The molecule has 1 atom stereocenters. The molecule has 0 bridgehead atoms. The molecule has 0 aliphatic carbocycles. The Kier molecular flexibility index (Phi) is 3.49. The number of aromatic nitrogens is 8. The van der Waals surface area contributed by atoms with Crippen LogP contribution in [0, 0.1) is 12.8 Å². The Bertz CT molecular complexity index is 920. The number of rotatable bonds is 5. The first-order valence-corrected chi connectivity index (χ1v) is 8.20. The second-order valence-electron chi connectivity index (χ2n) is 5.67. The van der Waals surface area contributed by atoms with Crippen LogP contribution in [0.2, 0.25) is 0 Å². The van der Waals surface area contributed by atoms with Crippen LogP contribution >= 0.6 is 11.3 Å². The number of imidazole rings is 1. The van der Waals surface area contributed by atoms with Gasteiger partial charge < -0.3 is 9.84 Å². The molecule has 11 heteroatoms. The van der Waals surface area contributed by atoms with Crippen LogP contribution < -0.4 is 5.32 Å². The van der Waals surface area contributed by atoms with Crippen molar-refractivity contribution in [3.05, 3.63) is 24.1 Å². The smallest absolute Gasteiger partial charge is 0.249 e. The molecule has 0 fully saturated rings. The van der Waals surface area contributed by atoms with Gasteiger partial charge in [-0.1, -0.05) is 30.3 Å². The maximum absolute atomic E-state index is 5.40. The Morgan fingerprint density at radius 1 is 1.33 bits per heavy atom. The molecule has 4 heterocycles. The molecular weight excluding hydrogens is 330 g/mol. The van der Waals surface area contributed by atoms with E-state index in [1.807, 2.05) is 13.1 Å². The van der Waals surface area contributed by atoms with Gasteiger partial charge in [-0.05, 0) is 12.8 Å². The summed E-state index contributed by atoms with van der Waals surface area (Å²) in [6.07, 6.45) is 3.28. The first-order valence-electron chi connectivity index (χ1n) is 7.39. The second kappa shape index (κ2) is 5.67. The van der Waals surface area contributed by atoms with Crippen molar-refractivity contribution in [1.82, 2.24) is 39.9 Å². The average molecular weight is 345 g/mol. The van der Waals surface area contributed by atoms with Crippen molar-refractivity contribution in [2.24, 2.45) is 5.92 Å². The predicted octanol–water partition coefficient (Wildman–Crippen LogP) is 2.08. The van der Waals surface area contributed by atoms with Gasteiger partial charge in [0.2, 0.25) is 21.8 Å². The van der Waals surface area contributed by atoms with Gasteiger partial charge in [0.05, 0.1) is 11.9 Å². The lowest BCUT2D eigenvalue weighted by Crippen LogP contribution is -2.17. The fraction of sp³-hybridized carbons (Fsp3) is 0.385. The molecule has 10 nitrogen and oxygen atoms in total. The SMILES string of the molecule is Cc1cn2nc(NC(c3nc(-c4ncn[nH]4)no3)C(C)C)sc2n1. The molecule has 2 N–H and O–H groups in total. The summed E-state index contributed by atoms with van der Waals surface area (Å²) in [4.78, 5) is 13.7. The molecule has 4 rings (SSSR count). The monoisotopic (exact) mass is 345 g/mol. The van der Waals surface area contributed by atoms with Crippen molar-refractivity contribution in [2.75, 3.05) is 5.32 Å².